The molecule has 0 saturated carbocycles. The van der Waals surface area contributed by atoms with Crippen LogP contribution in [-0.4, -0.2) is 24.3 Å². The van der Waals surface area contributed by atoms with E-state index in [0.717, 1.165) is 5.82 Å². The fourth-order valence-electron chi connectivity index (χ4n) is 1.48. The van der Waals surface area contributed by atoms with Gasteiger partial charge in [-0.05, 0) is 19.9 Å². The summed E-state index contributed by atoms with van der Waals surface area (Å²) in [5.74, 6) is 0.755. The first-order valence-corrected chi connectivity index (χ1v) is 5.08. The van der Waals surface area contributed by atoms with Gasteiger partial charge in [-0.1, -0.05) is 0 Å². The molecule has 0 bridgehead atoms. The molecule has 0 aliphatic carbocycles. The van der Waals surface area contributed by atoms with Crippen molar-refractivity contribution in [2.45, 2.75) is 26.4 Å². The molecule has 2 heterocycles. The van der Waals surface area contributed by atoms with Crippen molar-refractivity contribution in [3.8, 4) is 0 Å². The molecular weight excluding hydrogens is 206 g/mol. The Labute approximate surface area is 92.6 Å². The fraction of sp³-hybridized carbons (Fsp3) is 0.400. The van der Waals surface area contributed by atoms with Gasteiger partial charge in [0.2, 0.25) is 0 Å². The second-order valence-electron chi connectivity index (χ2n) is 3.74. The smallest absolute Gasteiger partial charge is 0.292 e. The van der Waals surface area contributed by atoms with E-state index in [0.29, 0.717) is 6.54 Å². The van der Waals surface area contributed by atoms with Crippen molar-refractivity contribution in [2.24, 2.45) is 0 Å². The highest BCUT2D eigenvalue weighted by Crippen LogP contribution is 2.05. The summed E-state index contributed by atoms with van der Waals surface area (Å²) in [4.78, 5) is 19.2. The normalized spacial score (nSPS) is 10.9. The van der Waals surface area contributed by atoms with Crippen molar-refractivity contribution in [1.82, 2.24) is 24.3 Å². The predicted molar refractivity (Wildman–Crippen MR) is 58.0 cm³/mol. The molecule has 0 aromatic carbocycles. The molecule has 0 amide bonds. The minimum absolute atomic E-state index is 0.227. The summed E-state index contributed by atoms with van der Waals surface area (Å²) in [6.07, 6.45) is 4.66. The van der Waals surface area contributed by atoms with Crippen LogP contribution < -0.4 is 5.69 Å². The number of hydrogen-bond donors (Lipinski definition) is 0. The number of rotatable bonds is 3. The molecule has 2 aromatic rings. The van der Waals surface area contributed by atoms with E-state index in [1.165, 1.54) is 17.1 Å². The van der Waals surface area contributed by atoms with Gasteiger partial charge in [0.25, 0.3) is 0 Å². The Morgan fingerprint density at radius 1 is 1.38 bits per heavy atom. The maximum Gasteiger partial charge on any atom is 0.347 e. The minimum Gasteiger partial charge on any atom is -0.292 e. The molecule has 6 nitrogen and oxygen atoms in total. The molecule has 0 radical (unpaired) electrons. The van der Waals surface area contributed by atoms with E-state index < -0.39 is 0 Å². The van der Waals surface area contributed by atoms with Gasteiger partial charge in [0.05, 0.1) is 6.54 Å². The Morgan fingerprint density at radius 2 is 2.19 bits per heavy atom. The molecule has 0 atom stereocenters. The third-order valence-corrected chi connectivity index (χ3v) is 2.23. The monoisotopic (exact) mass is 219 g/mol. The van der Waals surface area contributed by atoms with E-state index in [9.17, 15) is 4.79 Å². The summed E-state index contributed by atoms with van der Waals surface area (Å²) in [5.41, 5.74) is -0.277. The van der Waals surface area contributed by atoms with E-state index >= 15 is 0 Å². The highest BCUT2D eigenvalue weighted by atomic mass is 16.1. The lowest BCUT2D eigenvalue weighted by Gasteiger charge is -2.09. The maximum absolute atomic E-state index is 11.4. The van der Waals surface area contributed by atoms with Crippen LogP contribution in [0.1, 0.15) is 25.7 Å². The minimum atomic E-state index is -0.277. The molecule has 0 aliphatic rings. The summed E-state index contributed by atoms with van der Waals surface area (Å²) in [6.45, 7) is 4.43. The fourth-order valence-corrected chi connectivity index (χ4v) is 1.48. The second kappa shape index (κ2) is 4.26. The molecule has 2 aromatic heterocycles. The van der Waals surface area contributed by atoms with Gasteiger partial charge in [0, 0.05) is 18.4 Å². The van der Waals surface area contributed by atoms with Gasteiger partial charge in [-0.15, -0.1) is 0 Å². The lowest BCUT2D eigenvalue weighted by atomic mass is 10.4. The molecule has 16 heavy (non-hydrogen) atoms. The van der Waals surface area contributed by atoms with Gasteiger partial charge in [0.1, 0.15) is 12.2 Å². The van der Waals surface area contributed by atoms with Crippen LogP contribution in [0.4, 0.5) is 0 Å². The van der Waals surface area contributed by atoms with Crippen molar-refractivity contribution in [2.75, 3.05) is 0 Å². The molecule has 0 N–H and O–H groups in total. The standard InChI is InChI=1S/C10H13N5O/c1-8(2)15-9(12-7-13-15)6-14-5-3-4-11-10(14)16/h3-5,7-8H,6H2,1-2H3. The quantitative estimate of drug-likeness (QED) is 0.752. The number of nitrogens with zero attached hydrogens (tertiary/aromatic N) is 5. The second-order valence-corrected chi connectivity index (χ2v) is 3.74. The summed E-state index contributed by atoms with van der Waals surface area (Å²) in [6, 6.07) is 1.95. The predicted octanol–water partition coefficient (Wildman–Crippen LogP) is 0.464. The summed E-state index contributed by atoms with van der Waals surface area (Å²) in [7, 11) is 0. The van der Waals surface area contributed by atoms with Gasteiger partial charge < -0.3 is 0 Å². The molecule has 84 valence electrons. The molecule has 0 fully saturated rings. The van der Waals surface area contributed by atoms with Crippen LogP contribution in [-0.2, 0) is 6.54 Å². The average molecular weight is 219 g/mol. The molecule has 6 heteroatoms. The third-order valence-electron chi connectivity index (χ3n) is 2.23. The summed E-state index contributed by atoms with van der Waals surface area (Å²) < 4.78 is 3.29. The van der Waals surface area contributed by atoms with Crippen LogP contribution >= 0.6 is 0 Å². The third kappa shape index (κ3) is 2.00. The molecule has 0 spiro atoms. The van der Waals surface area contributed by atoms with E-state index in [1.54, 1.807) is 16.9 Å². The summed E-state index contributed by atoms with van der Waals surface area (Å²) >= 11 is 0. The average Bonchev–Trinajstić information content (AvgIpc) is 2.69. The van der Waals surface area contributed by atoms with Crippen LogP contribution in [0.2, 0.25) is 0 Å². The zero-order valence-electron chi connectivity index (χ0n) is 9.24. The van der Waals surface area contributed by atoms with Crippen molar-refractivity contribution in [3.63, 3.8) is 0 Å². The van der Waals surface area contributed by atoms with E-state index in [-0.39, 0.29) is 11.7 Å². The Balaban J connectivity index is 2.31. The first-order valence-electron chi connectivity index (χ1n) is 5.08. The first-order chi connectivity index (χ1) is 7.68. The Morgan fingerprint density at radius 3 is 2.88 bits per heavy atom. The van der Waals surface area contributed by atoms with Gasteiger partial charge in [-0.3, -0.25) is 4.57 Å². The highest BCUT2D eigenvalue weighted by Gasteiger charge is 2.08. The van der Waals surface area contributed by atoms with Gasteiger partial charge in [-0.2, -0.15) is 5.10 Å². The zero-order chi connectivity index (χ0) is 11.5. The molecular formula is C10H13N5O. The Hall–Kier alpha value is -1.98. The molecule has 2 rings (SSSR count). The van der Waals surface area contributed by atoms with Gasteiger partial charge in [-0.25, -0.2) is 19.4 Å². The highest BCUT2D eigenvalue weighted by molar-refractivity contribution is 4.91. The largest absolute Gasteiger partial charge is 0.347 e. The molecule has 0 aliphatic heterocycles. The maximum atomic E-state index is 11.4. The van der Waals surface area contributed by atoms with Crippen molar-refractivity contribution in [1.29, 1.82) is 0 Å². The van der Waals surface area contributed by atoms with Crippen molar-refractivity contribution in [3.05, 3.63) is 41.1 Å². The Kier molecular flexibility index (Phi) is 2.80. The van der Waals surface area contributed by atoms with Crippen LogP contribution in [0.25, 0.3) is 0 Å². The van der Waals surface area contributed by atoms with E-state index in [4.69, 9.17) is 0 Å². The molecule has 0 saturated heterocycles. The van der Waals surface area contributed by atoms with Crippen molar-refractivity contribution >= 4 is 0 Å². The van der Waals surface area contributed by atoms with Gasteiger partial charge >= 0.3 is 5.69 Å². The lowest BCUT2D eigenvalue weighted by molar-refractivity contribution is 0.492. The van der Waals surface area contributed by atoms with Crippen LogP contribution in [0.5, 0.6) is 0 Å². The number of hydrogen-bond acceptors (Lipinski definition) is 4. The van der Waals surface area contributed by atoms with Crippen LogP contribution in [0.3, 0.4) is 0 Å². The molecule has 0 unspecified atom stereocenters. The van der Waals surface area contributed by atoms with Gasteiger partial charge in [0.15, 0.2) is 0 Å². The zero-order valence-corrected chi connectivity index (χ0v) is 9.24. The lowest BCUT2D eigenvalue weighted by Crippen LogP contribution is -2.24. The Bertz CT molecular complexity index is 528. The van der Waals surface area contributed by atoms with Crippen LogP contribution in [0, 0.1) is 0 Å². The summed E-state index contributed by atoms with van der Waals surface area (Å²) in [5, 5.41) is 4.11. The number of aromatic nitrogens is 5. The van der Waals surface area contributed by atoms with Crippen LogP contribution in [0.15, 0.2) is 29.6 Å². The van der Waals surface area contributed by atoms with E-state index in [2.05, 4.69) is 15.1 Å². The van der Waals surface area contributed by atoms with Crippen molar-refractivity contribution < 1.29 is 0 Å². The SMILES string of the molecule is CC(C)n1ncnc1Cn1cccnc1=O. The van der Waals surface area contributed by atoms with E-state index in [1.807, 2.05) is 13.8 Å². The topological polar surface area (TPSA) is 65.6 Å². The first kappa shape index (κ1) is 10.5.